The maximum absolute atomic E-state index is 13.6. The number of hydrogen-bond donors (Lipinski definition) is 3. The van der Waals surface area contributed by atoms with Crippen molar-refractivity contribution < 1.29 is 28.9 Å². The minimum Gasteiger partial charge on any atom is -0.478 e. The summed E-state index contributed by atoms with van der Waals surface area (Å²) in [5.41, 5.74) is 2.13. The molecule has 6 nitrogen and oxygen atoms in total. The molecule has 2 aromatic rings. The Hall–Kier alpha value is -2.84. The van der Waals surface area contributed by atoms with Gasteiger partial charge in [0.15, 0.2) is 0 Å². The lowest BCUT2D eigenvalue weighted by molar-refractivity contribution is -0.134. The average Bonchev–Trinajstić information content (AvgIpc) is 2.83. The first-order valence-electron chi connectivity index (χ1n) is 8.86. The topological polar surface area (TPSA) is 95.9 Å². The fraction of sp³-hybridized carbons (Fsp3) is 0.238. The second kappa shape index (κ2) is 11.2. The maximum atomic E-state index is 13.6. The summed E-state index contributed by atoms with van der Waals surface area (Å²) in [4.78, 5) is 19.1. The molecule has 1 unspecified atom stereocenters. The third-order valence-corrected chi connectivity index (χ3v) is 5.22. The van der Waals surface area contributed by atoms with Gasteiger partial charge in [0, 0.05) is 35.3 Å². The average molecular weight is 419 g/mol. The number of halogens is 1. The van der Waals surface area contributed by atoms with E-state index in [9.17, 15) is 14.0 Å². The second-order valence-electron chi connectivity index (χ2n) is 6.07. The Bertz CT molecular complexity index is 871. The highest BCUT2D eigenvalue weighted by atomic mass is 32.2. The quantitative estimate of drug-likeness (QED) is 0.483. The van der Waals surface area contributed by atoms with Crippen LogP contribution in [0.4, 0.5) is 4.39 Å². The zero-order chi connectivity index (χ0) is 21.2. The molecule has 1 aliphatic rings. The lowest BCUT2D eigenvalue weighted by Crippen LogP contribution is -2.11. The van der Waals surface area contributed by atoms with Crippen molar-refractivity contribution in [2.24, 2.45) is 0 Å². The van der Waals surface area contributed by atoms with Crippen molar-refractivity contribution in [2.75, 3.05) is 19.3 Å². The molecular weight excluding hydrogens is 397 g/mol. The Labute approximate surface area is 172 Å². The van der Waals surface area contributed by atoms with Crippen molar-refractivity contribution in [3.63, 3.8) is 0 Å². The highest BCUT2D eigenvalue weighted by molar-refractivity contribution is 7.99. The van der Waals surface area contributed by atoms with Crippen molar-refractivity contribution >= 4 is 23.7 Å². The molecule has 29 heavy (non-hydrogen) atoms. The van der Waals surface area contributed by atoms with E-state index in [1.54, 1.807) is 12.1 Å². The van der Waals surface area contributed by atoms with Crippen LogP contribution in [0.25, 0.3) is 0 Å². The molecule has 0 saturated heterocycles. The van der Waals surface area contributed by atoms with Gasteiger partial charge in [-0.3, -0.25) is 0 Å². The summed E-state index contributed by atoms with van der Waals surface area (Å²) < 4.78 is 19.6. The predicted octanol–water partition coefficient (Wildman–Crippen LogP) is 3.88. The van der Waals surface area contributed by atoms with Gasteiger partial charge in [-0.15, -0.1) is 0 Å². The van der Waals surface area contributed by atoms with E-state index < -0.39 is 11.9 Å². The standard InChI is InChI=1S/C17H18FNOS.C4H4O4/c1-19-8-9-21-17-10-12-4-2-3-5-15(12)20-16-7-6-13(18)11-14(16)17;5-3(6)1-2-4(7)8/h2-7,11,17,19H,8-10H2,1H3;1-2H,(H,5,6)(H,7,8)/b;2-1-. The number of nitrogens with one attached hydrogen (secondary N) is 1. The van der Waals surface area contributed by atoms with Crippen molar-refractivity contribution in [3.8, 4) is 11.5 Å². The molecule has 3 N–H and O–H groups in total. The number of rotatable bonds is 6. The number of carbonyl (C=O) groups is 2. The molecule has 0 radical (unpaired) electrons. The van der Waals surface area contributed by atoms with Crippen LogP contribution in [0.2, 0.25) is 0 Å². The molecule has 3 rings (SSSR count). The van der Waals surface area contributed by atoms with Crippen LogP contribution in [-0.2, 0) is 16.0 Å². The van der Waals surface area contributed by atoms with Gasteiger partial charge in [-0.05, 0) is 43.3 Å². The first-order valence-corrected chi connectivity index (χ1v) is 9.91. The summed E-state index contributed by atoms with van der Waals surface area (Å²) in [5, 5.41) is 19.0. The van der Waals surface area contributed by atoms with Gasteiger partial charge in [0.2, 0.25) is 0 Å². The van der Waals surface area contributed by atoms with Crippen molar-refractivity contribution in [3.05, 3.63) is 71.6 Å². The van der Waals surface area contributed by atoms with Gasteiger partial charge in [0.1, 0.15) is 17.3 Å². The molecule has 0 saturated carbocycles. The van der Waals surface area contributed by atoms with E-state index in [0.29, 0.717) is 12.2 Å². The van der Waals surface area contributed by atoms with Gasteiger partial charge in [0.25, 0.3) is 0 Å². The monoisotopic (exact) mass is 419 g/mol. The number of aliphatic carboxylic acids is 2. The predicted molar refractivity (Wildman–Crippen MR) is 110 cm³/mol. The highest BCUT2D eigenvalue weighted by Gasteiger charge is 2.24. The molecule has 2 aromatic carbocycles. The molecule has 0 fully saturated rings. The fourth-order valence-corrected chi connectivity index (χ4v) is 3.93. The first-order chi connectivity index (χ1) is 13.9. The van der Waals surface area contributed by atoms with Gasteiger partial charge in [-0.25, -0.2) is 14.0 Å². The summed E-state index contributed by atoms with van der Waals surface area (Å²) in [6.45, 7) is 0.939. The number of hydrogen-bond acceptors (Lipinski definition) is 5. The van der Waals surface area contributed by atoms with Crippen LogP contribution in [0.1, 0.15) is 16.4 Å². The molecule has 0 amide bonds. The molecule has 0 aromatic heterocycles. The molecular formula is C21H22FNO5S. The minimum atomic E-state index is -1.26. The third-order valence-electron chi connectivity index (χ3n) is 3.96. The molecule has 0 spiro atoms. The zero-order valence-corrected chi connectivity index (χ0v) is 16.6. The Morgan fingerprint density at radius 2 is 1.86 bits per heavy atom. The molecule has 1 heterocycles. The van der Waals surface area contributed by atoms with Crippen molar-refractivity contribution in [2.45, 2.75) is 11.7 Å². The Morgan fingerprint density at radius 1 is 1.17 bits per heavy atom. The van der Waals surface area contributed by atoms with Gasteiger partial charge >= 0.3 is 11.9 Å². The molecule has 1 atom stereocenters. The van der Waals surface area contributed by atoms with Crippen LogP contribution in [0.5, 0.6) is 11.5 Å². The summed E-state index contributed by atoms with van der Waals surface area (Å²) >= 11 is 1.84. The third kappa shape index (κ3) is 7.24. The van der Waals surface area contributed by atoms with Gasteiger partial charge in [0.05, 0.1) is 0 Å². The van der Waals surface area contributed by atoms with E-state index in [-0.39, 0.29) is 11.1 Å². The van der Waals surface area contributed by atoms with E-state index in [2.05, 4.69) is 11.4 Å². The zero-order valence-electron chi connectivity index (χ0n) is 15.8. The van der Waals surface area contributed by atoms with Gasteiger partial charge in [-0.2, -0.15) is 11.8 Å². The first kappa shape index (κ1) is 22.4. The summed E-state index contributed by atoms with van der Waals surface area (Å²) in [5.74, 6) is -0.0908. The smallest absolute Gasteiger partial charge is 0.328 e. The van der Waals surface area contributed by atoms with E-state index in [0.717, 1.165) is 35.8 Å². The van der Waals surface area contributed by atoms with E-state index >= 15 is 0 Å². The van der Waals surface area contributed by atoms with Crippen LogP contribution in [0.15, 0.2) is 54.6 Å². The molecule has 0 bridgehead atoms. The Morgan fingerprint density at radius 3 is 2.52 bits per heavy atom. The minimum absolute atomic E-state index is 0.206. The van der Waals surface area contributed by atoms with Crippen molar-refractivity contribution in [1.29, 1.82) is 0 Å². The molecule has 0 aliphatic carbocycles. The highest BCUT2D eigenvalue weighted by Crippen LogP contribution is 2.44. The Balaban J connectivity index is 0.000000321. The number of fused-ring (bicyclic) bond motifs is 2. The van der Waals surface area contributed by atoms with E-state index in [1.807, 2.05) is 37.0 Å². The van der Waals surface area contributed by atoms with E-state index in [4.69, 9.17) is 14.9 Å². The summed E-state index contributed by atoms with van der Waals surface area (Å²) in [6, 6.07) is 12.9. The second-order valence-corrected chi connectivity index (χ2v) is 7.38. The lowest BCUT2D eigenvalue weighted by atomic mass is 10.0. The number of carboxylic acids is 2. The maximum Gasteiger partial charge on any atom is 0.328 e. The molecule has 154 valence electrons. The largest absolute Gasteiger partial charge is 0.478 e. The summed E-state index contributed by atoms with van der Waals surface area (Å²) in [7, 11) is 1.94. The van der Waals surface area contributed by atoms with Crippen LogP contribution < -0.4 is 10.1 Å². The fourth-order valence-electron chi connectivity index (χ4n) is 2.66. The number of thioether (sulfide) groups is 1. The van der Waals surface area contributed by atoms with Crippen LogP contribution in [-0.4, -0.2) is 41.5 Å². The van der Waals surface area contributed by atoms with E-state index in [1.165, 1.54) is 11.6 Å². The van der Waals surface area contributed by atoms with Gasteiger partial charge < -0.3 is 20.3 Å². The van der Waals surface area contributed by atoms with Crippen LogP contribution >= 0.6 is 11.8 Å². The summed E-state index contributed by atoms with van der Waals surface area (Å²) in [6.07, 6.45) is 1.98. The van der Waals surface area contributed by atoms with Crippen LogP contribution in [0, 0.1) is 5.82 Å². The Kier molecular flexibility index (Phi) is 8.69. The molecule has 1 aliphatic heterocycles. The SMILES string of the molecule is CNCCSC1Cc2ccccc2Oc2ccc(F)cc21.O=C(O)/C=C\C(=O)O. The number of para-hydroxylation sites is 1. The van der Waals surface area contributed by atoms with Gasteiger partial charge in [-0.1, -0.05) is 18.2 Å². The number of carboxylic acid groups (broad SMARTS) is 2. The normalized spacial score (nSPS) is 14.6. The van der Waals surface area contributed by atoms with Crippen LogP contribution in [0.3, 0.4) is 0 Å². The van der Waals surface area contributed by atoms with Crippen molar-refractivity contribution in [1.82, 2.24) is 5.32 Å². The lowest BCUT2D eigenvalue weighted by Gasteiger charge is -2.16. The molecule has 8 heteroatoms. The number of benzene rings is 2. The number of ether oxygens (including phenoxy) is 1.